The summed E-state index contributed by atoms with van der Waals surface area (Å²) in [5, 5.41) is 10.6. The van der Waals surface area contributed by atoms with Gasteiger partial charge in [0.05, 0.1) is 13.7 Å². The molecule has 0 aliphatic carbocycles. The number of carbonyl (C=O) groups is 1. The lowest BCUT2D eigenvalue weighted by atomic mass is 9.84. The van der Waals surface area contributed by atoms with E-state index in [1.54, 1.807) is 7.11 Å². The number of hydrogen-bond acceptors (Lipinski definition) is 6. The molecule has 1 unspecified atom stereocenters. The van der Waals surface area contributed by atoms with Crippen molar-refractivity contribution in [2.24, 2.45) is 5.92 Å². The van der Waals surface area contributed by atoms with E-state index in [1.807, 2.05) is 11.0 Å². The first-order valence-corrected chi connectivity index (χ1v) is 11.3. The van der Waals surface area contributed by atoms with Gasteiger partial charge in [0.2, 0.25) is 0 Å². The summed E-state index contributed by atoms with van der Waals surface area (Å²) < 4.78 is 11.4. The van der Waals surface area contributed by atoms with E-state index in [9.17, 15) is 4.79 Å². The Morgan fingerprint density at radius 2 is 1.80 bits per heavy atom. The Bertz CT molecular complexity index is 815. The smallest absolute Gasteiger partial charge is 0.410 e. The number of nitrogens with one attached hydrogen (secondary N) is 3. The number of nitrogens with zero attached hydrogens (tertiary/aromatic N) is 1. The van der Waals surface area contributed by atoms with Gasteiger partial charge in [0.15, 0.2) is 0 Å². The van der Waals surface area contributed by atoms with Crippen LogP contribution in [0.3, 0.4) is 0 Å². The van der Waals surface area contributed by atoms with Crippen LogP contribution in [0.5, 0.6) is 5.75 Å². The van der Waals surface area contributed by atoms with E-state index in [-0.39, 0.29) is 24.3 Å². The third-order valence-corrected chi connectivity index (χ3v) is 7.05. The highest BCUT2D eigenvalue weighted by atomic mass is 16.6. The molecule has 4 heterocycles. The van der Waals surface area contributed by atoms with Crippen LogP contribution in [-0.4, -0.2) is 69.0 Å². The molecule has 0 spiro atoms. The zero-order valence-electron chi connectivity index (χ0n) is 17.7. The summed E-state index contributed by atoms with van der Waals surface area (Å²) in [6.45, 7) is 4.67. The van der Waals surface area contributed by atoms with Gasteiger partial charge < -0.3 is 30.3 Å². The summed E-state index contributed by atoms with van der Waals surface area (Å²) >= 11 is 0. The highest BCUT2D eigenvalue weighted by molar-refractivity contribution is 5.86. The number of amides is 1. The molecular formula is C23H32N4O3. The summed E-state index contributed by atoms with van der Waals surface area (Å²) in [6.07, 6.45) is 6.20. The molecule has 5 rings (SSSR count). The summed E-state index contributed by atoms with van der Waals surface area (Å²) in [5.74, 6) is 1.40. The van der Waals surface area contributed by atoms with Crippen LogP contribution < -0.4 is 20.7 Å². The molecule has 7 heteroatoms. The number of fused-ring (bicyclic) bond motifs is 1. The van der Waals surface area contributed by atoms with Crippen LogP contribution in [0.25, 0.3) is 5.57 Å². The van der Waals surface area contributed by atoms with Crippen molar-refractivity contribution in [2.75, 3.05) is 45.2 Å². The lowest BCUT2D eigenvalue weighted by Gasteiger charge is -2.35. The number of carbonyl (C=O) groups excluding carboxylic acids is 1. The normalized spacial score (nSPS) is 27.8. The van der Waals surface area contributed by atoms with Crippen LogP contribution in [0.4, 0.5) is 10.5 Å². The minimum atomic E-state index is -0.232. The zero-order valence-corrected chi connectivity index (χ0v) is 17.7. The number of piperidine rings is 2. The average Bonchev–Trinajstić information content (AvgIpc) is 3.20. The van der Waals surface area contributed by atoms with Crippen molar-refractivity contribution in [1.82, 2.24) is 15.5 Å². The summed E-state index contributed by atoms with van der Waals surface area (Å²) in [4.78, 5) is 14.7. The first kappa shape index (κ1) is 19.7. The van der Waals surface area contributed by atoms with E-state index in [4.69, 9.17) is 9.47 Å². The molecule has 1 aromatic rings. The Morgan fingerprint density at radius 1 is 1.07 bits per heavy atom. The molecule has 162 valence electrons. The third-order valence-electron chi connectivity index (χ3n) is 7.05. The predicted molar refractivity (Wildman–Crippen MR) is 117 cm³/mol. The average molecular weight is 413 g/mol. The number of hydrogen-bond donors (Lipinski definition) is 3. The van der Waals surface area contributed by atoms with Gasteiger partial charge in [-0.05, 0) is 76.0 Å². The molecule has 3 saturated heterocycles. The Balaban J connectivity index is 1.44. The van der Waals surface area contributed by atoms with Crippen molar-refractivity contribution >= 4 is 17.4 Å². The third kappa shape index (κ3) is 3.76. The van der Waals surface area contributed by atoms with Gasteiger partial charge in [-0.3, -0.25) is 0 Å². The zero-order chi connectivity index (χ0) is 20.5. The highest BCUT2D eigenvalue weighted by Crippen LogP contribution is 2.40. The molecule has 2 atom stereocenters. The Morgan fingerprint density at radius 3 is 2.53 bits per heavy atom. The number of anilines is 1. The second-order valence-electron chi connectivity index (χ2n) is 8.80. The van der Waals surface area contributed by atoms with Gasteiger partial charge in [0, 0.05) is 28.9 Å². The number of benzene rings is 1. The minimum Gasteiger partial charge on any atom is -0.497 e. The molecule has 7 nitrogen and oxygen atoms in total. The van der Waals surface area contributed by atoms with Crippen LogP contribution in [0.15, 0.2) is 24.3 Å². The standard InChI is InChI=1S/C23H32N4O3/c1-29-17-2-3-20-18(12-17)19(13-21(26-20)15-4-8-24-9-5-15)22-14-27(23(28)30-22)16-6-10-25-11-7-16/h2-3,12-13,15-16,21-22,24-26H,4-11,14H2,1H3/t21?,22-/m1/s1. The maximum absolute atomic E-state index is 12.8. The van der Waals surface area contributed by atoms with Gasteiger partial charge >= 0.3 is 6.09 Å². The molecule has 4 aliphatic heterocycles. The van der Waals surface area contributed by atoms with Gasteiger partial charge in [0.1, 0.15) is 11.9 Å². The maximum Gasteiger partial charge on any atom is 0.410 e. The Hall–Kier alpha value is -2.25. The maximum atomic E-state index is 12.8. The first-order chi connectivity index (χ1) is 14.7. The Kier molecular flexibility index (Phi) is 5.56. The molecule has 3 fully saturated rings. The van der Waals surface area contributed by atoms with Gasteiger partial charge in [0.25, 0.3) is 0 Å². The largest absolute Gasteiger partial charge is 0.497 e. The molecule has 1 amide bonds. The summed E-state index contributed by atoms with van der Waals surface area (Å²) in [6, 6.07) is 6.69. The first-order valence-electron chi connectivity index (χ1n) is 11.3. The van der Waals surface area contributed by atoms with E-state index in [0.29, 0.717) is 12.5 Å². The Labute approximate surface area is 178 Å². The van der Waals surface area contributed by atoms with E-state index >= 15 is 0 Å². The van der Waals surface area contributed by atoms with Crippen molar-refractivity contribution in [3.63, 3.8) is 0 Å². The lowest BCUT2D eigenvalue weighted by molar-refractivity contribution is 0.134. The van der Waals surface area contributed by atoms with Crippen LogP contribution in [0.2, 0.25) is 0 Å². The van der Waals surface area contributed by atoms with Gasteiger partial charge in [-0.2, -0.15) is 0 Å². The van der Waals surface area contributed by atoms with Crippen molar-refractivity contribution in [3.8, 4) is 5.75 Å². The second kappa shape index (κ2) is 8.47. The number of ether oxygens (including phenoxy) is 2. The van der Waals surface area contributed by atoms with Crippen LogP contribution in [0, 0.1) is 5.92 Å². The fraction of sp³-hybridized carbons (Fsp3) is 0.609. The molecule has 0 bridgehead atoms. The van der Waals surface area contributed by atoms with E-state index in [2.05, 4.69) is 34.2 Å². The van der Waals surface area contributed by atoms with E-state index < -0.39 is 0 Å². The predicted octanol–water partition coefficient (Wildman–Crippen LogP) is 2.45. The second-order valence-corrected chi connectivity index (χ2v) is 8.80. The quantitative estimate of drug-likeness (QED) is 0.705. The van der Waals surface area contributed by atoms with Crippen LogP contribution in [0.1, 0.15) is 31.2 Å². The van der Waals surface area contributed by atoms with E-state index in [1.165, 1.54) is 0 Å². The SMILES string of the molecule is COc1ccc2c(c1)C([C@H]1CN(C3CCNCC3)C(=O)O1)=CC(C1CCNCC1)N2. The van der Waals surface area contributed by atoms with Gasteiger partial charge in [-0.1, -0.05) is 6.08 Å². The van der Waals surface area contributed by atoms with Crippen LogP contribution in [-0.2, 0) is 4.74 Å². The van der Waals surface area contributed by atoms with Crippen molar-refractivity contribution in [2.45, 2.75) is 43.9 Å². The van der Waals surface area contributed by atoms with Crippen molar-refractivity contribution in [1.29, 1.82) is 0 Å². The number of rotatable bonds is 4. The molecule has 3 N–H and O–H groups in total. The van der Waals surface area contributed by atoms with Crippen molar-refractivity contribution < 1.29 is 14.3 Å². The minimum absolute atomic E-state index is 0.172. The number of cyclic esters (lactones) is 1. The topological polar surface area (TPSA) is 74.9 Å². The fourth-order valence-electron chi connectivity index (χ4n) is 5.32. The summed E-state index contributed by atoms with van der Waals surface area (Å²) in [5.41, 5.74) is 3.31. The highest BCUT2D eigenvalue weighted by Gasteiger charge is 2.40. The molecule has 4 aliphatic rings. The summed E-state index contributed by atoms with van der Waals surface area (Å²) in [7, 11) is 1.69. The molecule has 30 heavy (non-hydrogen) atoms. The molecule has 1 aromatic carbocycles. The molecule has 0 aromatic heterocycles. The lowest BCUT2D eigenvalue weighted by Crippen LogP contribution is -2.44. The molecule has 0 radical (unpaired) electrons. The van der Waals surface area contributed by atoms with Gasteiger partial charge in [-0.15, -0.1) is 0 Å². The monoisotopic (exact) mass is 412 g/mol. The van der Waals surface area contributed by atoms with Gasteiger partial charge in [-0.25, -0.2) is 4.79 Å². The van der Waals surface area contributed by atoms with E-state index in [0.717, 1.165) is 74.4 Å². The fourth-order valence-corrected chi connectivity index (χ4v) is 5.32. The van der Waals surface area contributed by atoms with Crippen molar-refractivity contribution in [3.05, 3.63) is 29.8 Å². The molecular weight excluding hydrogens is 380 g/mol. The number of methoxy groups -OCH3 is 1. The van der Waals surface area contributed by atoms with Crippen LogP contribution >= 0.6 is 0 Å². The molecule has 0 saturated carbocycles.